The van der Waals surface area contributed by atoms with Crippen molar-refractivity contribution in [1.82, 2.24) is 0 Å². The van der Waals surface area contributed by atoms with Gasteiger partial charge in [0, 0.05) is 29.5 Å². The maximum atomic E-state index is 13.1. The number of carbonyl (C=O) groups excluding carboxylic acids is 2. The smallest absolute Gasteiger partial charge is 0.323 e. The standard InChI is InChI=1S/C25H25N3O4/c1-31-20-12-13-21(23(16-20)32-2)27-25(30)26-19-11-10-17-9-6-14-28(22(17)15-19)24(29)18-7-4-3-5-8-18/h3-5,7-8,10-13,15-16H,6,9,14H2,1-2H3,(H2,26,27,30). The number of fused-ring (bicyclic) bond motifs is 1. The molecule has 4 rings (SSSR count). The summed E-state index contributed by atoms with van der Waals surface area (Å²) in [6, 6.07) is 19.6. The van der Waals surface area contributed by atoms with Crippen LogP contribution in [0, 0.1) is 0 Å². The van der Waals surface area contributed by atoms with Crippen molar-refractivity contribution in [3.63, 3.8) is 0 Å². The third-order valence-corrected chi connectivity index (χ3v) is 5.38. The molecule has 0 fully saturated rings. The largest absolute Gasteiger partial charge is 0.497 e. The van der Waals surface area contributed by atoms with Crippen molar-refractivity contribution in [2.45, 2.75) is 12.8 Å². The molecule has 164 valence electrons. The minimum atomic E-state index is -0.412. The summed E-state index contributed by atoms with van der Waals surface area (Å²) < 4.78 is 10.5. The second kappa shape index (κ2) is 9.43. The molecule has 7 heteroatoms. The second-order valence-electron chi connectivity index (χ2n) is 7.42. The van der Waals surface area contributed by atoms with Crippen LogP contribution in [0.25, 0.3) is 0 Å². The van der Waals surface area contributed by atoms with Crippen molar-refractivity contribution in [3.05, 3.63) is 77.9 Å². The van der Waals surface area contributed by atoms with Gasteiger partial charge in [-0.2, -0.15) is 0 Å². The molecule has 3 amide bonds. The van der Waals surface area contributed by atoms with Gasteiger partial charge in [0.15, 0.2) is 0 Å². The number of urea groups is 1. The Labute approximate surface area is 187 Å². The van der Waals surface area contributed by atoms with E-state index in [0.717, 1.165) is 24.1 Å². The first-order chi connectivity index (χ1) is 15.6. The number of benzene rings is 3. The number of hydrogen-bond donors (Lipinski definition) is 2. The van der Waals surface area contributed by atoms with Gasteiger partial charge in [-0.15, -0.1) is 0 Å². The van der Waals surface area contributed by atoms with Crippen LogP contribution in [0.3, 0.4) is 0 Å². The summed E-state index contributed by atoms with van der Waals surface area (Å²) in [6.07, 6.45) is 1.79. The molecule has 3 aromatic rings. The Morgan fingerprint density at radius 1 is 0.906 bits per heavy atom. The molecule has 0 radical (unpaired) electrons. The number of anilines is 3. The summed E-state index contributed by atoms with van der Waals surface area (Å²) in [5, 5.41) is 5.63. The second-order valence-corrected chi connectivity index (χ2v) is 7.42. The highest BCUT2D eigenvalue weighted by Crippen LogP contribution is 2.32. The summed E-state index contributed by atoms with van der Waals surface area (Å²) >= 11 is 0. The highest BCUT2D eigenvalue weighted by atomic mass is 16.5. The Bertz CT molecular complexity index is 1130. The quantitative estimate of drug-likeness (QED) is 0.600. The molecule has 0 unspecified atom stereocenters. The Morgan fingerprint density at radius 3 is 2.47 bits per heavy atom. The number of carbonyl (C=O) groups is 2. The normalized spacial score (nSPS) is 12.5. The van der Waals surface area contributed by atoms with Crippen LogP contribution in [-0.2, 0) is 6.42 Å². The van der Waals surface area contributed by atoms with E-state index in [0.29, 0.717) is 35.0 Å². The molecule has 7 nitrogen and oxygen atoms in total. The SMILES string of the molecule is COc1ccc(NC(=O)Nc2ccc3c(c2)N(C(=O)c2ccccc2)CCC3)c(OC)c1. The molecule has 0 saturated carbocycles. The molecule has 0 spiro atoms. The maximum Gasteiger partial charge on any atom is 0.323 e. The predicted molar refractivity (Wildman–Crippen MR) is 125 cm³/mol. The fourth-order valence-electron chi connectivity index (χ4n) is 3.79. The van der Waals surface area contributed by atoms with Gasteiger partial charge in [0.05, 0.1) is 19.9 Å². The molecule has 0 bridgehead atoms. The lowest BCUT2D eigenvalue weighted by atomic mass is 10.00. The van der Waals surface area contributed by atoms with Gasteiger partial charge in [0.25, 0.3) is 5.91 Å². The van der Waals surface area contributed by atoms with Gasteiger partial charge in [-0.1, -0.05) is 24.3 Å². The summed E-state index contributed by atoms with van der Waals surface area (Å²) in [5.41, 5.74) is 3.67. The Morgan fingerprint density at radius 2 is 1.72 bits per heavy atom. The van der Waals surface area contributed by atoms with Crippen LogP contribution >= 0.6 is 0 Å². The summed E-state index contributed by atoms with van der Waals surface area (Å²) in [5.74, 6) is 1.08. The Balaban J connectivity index is 1.52. The Kier molecular flexibility index (Phi) is 6.26. The van der Waals surface area contributed by atoms with Gasteiger partial charge < -0.3 is 25.0 Å². The molecule has 1 heterocycles. The van der Waals surface area contributed by atoms with Crippen LogP contribution in [0.4, 0.5) is 21.9 Å². The molecular formula is C25H25N3O4. The molecule has 0 saturated heterocycles. The highest BCUT2D eigenvalue weighted by molar-refractivity contribution is 6.07. The molecule has 3 aromatic carbocycles. The Hall–Kier alpha value is -4.00. The molecule has 1 aliphatic rings. The number of methoxy groups -OCH3 is 2. The van der Waals surface area contributed by atoms with E-state index >= 15 is 0 Å². The fraction of sp³-hybridized carbons (Fsp3) is 0.200. The van der Waals surface area contributed by atoms with Crippen molar-refractivity contribution in [2.24, 2.45) is 0 Å². The first-order valence-corrected chi connectivity index (χ1v) is 10.4. The lowest BCUT2D eigenvalue weighted by Gasteiger charge is -2.30. The van der Waals surface area contributed by atoms with Gasteiger partial charge in [0.2, 0.25) is 0 Å². The minimum absolute atomic E-state index is 0.0453. The van der Waals surface area contributed by atoms with E-state index in [4.69, 9.17) is 9.47 Å². The number of aryl methyl sites for hydroxylation is 1. The molecular weight excluding hydrogens is 406 g/mol. The molecule has 0 aliphatic carbocycles. The predicted octanol–water partition coefficient (Wildman–Crippen LogP) is 4.94. The minimum Gasteiger partial charge on any atom is -0.497 e. The third kappa shape index (κ3) is 4.51. The number of amides is 3. The lowest BCUT2D eigenvalue weighted by Crippen LogP contribution is -2.35. The summed E-state index contributed by atoms with van der Waals surface area (Å²) in [7, 11) is 3.09. The first-order valence-electron chi connectivity index (χ1n) is 10.4. The monoisotopic (exact) mass is 431 g/mol. The average molecular weight is 431 g/mol. The molecule has 1 aliphatic heterocycles. The number of ether oxygens (including phenoxy) is 2. The molecule has 2 N–H and O–H groups in total. The zero-order valence-corrected chi connectivity index (χ0v) is 18.1. The van der Waals surface area contributed by atoms with Gasteiger partial charge in [-0.3, -0.25) is 4.79 Å². The van der Waals surface area contributed by atoms with Crippen molar-refractivity contribution < 1.29 is 19.1 Å². The third-order valence-electron chi connectivity index (χ3n) is 5.38. The van der Waals surface area contributed by atoms with Crippen LogP contribution in [0.1, 0.15) is 22.3 Å². The number of hydrogen-bond acceptors (Lipinski definition) is 4. The zero-order valence-electron chi connectivity index (χ0n) is 18.1. The van der Waals surface area contributed by atoms with Crippen molar-refractivity contribution in [3.8, 4) is 11.5 Å². The number of nitrogens with zero attached hydrogens (tertiary/aromatic N) is 1. The van der Waals surface area contributed by atoms with Crippen LogP contribution < -0.4 is 25.0 Å². The van der Waals surface area contributed by atoms with E-state index in [1.54, 1.807) is 30.2 Å². The van der Waals surface area contributed by atoms with Crippen molar-refractivity contribution in [1.29, 1.82) is 0 Å². The number of nitrogens with one attached hydrogen (secondary N) is 2. The number of rotatable bonds is 5. The summed E-state index contributed by atoms with van der Waals surface area (Å²) in [4.78, 5) is 27.5. The zero-order chi connectivity index (χ0) is 22.5. The van der Waals surface area contributed by atoms with Gasteiger partial charge in [-0.05, 0) is 54.8 Å². The molecule has 0 aromatic heterocycles. The van der Waals surface area contributed by atoms with Crippen molar-refractivity contribution >= 4 is 29.0 Å². The van der Waals surface area contributed by atoms with Gasteiger partial charge >= 0.3 is 6.03 Å². The van der Waals surface area contributed by atoms with E-state index < -0.39 is 6.03 Å². The van der Waals surface area contributed by atoms with Crippen LogP contribution in [0.5, 0.6) is 11.5 Å². The molecule has 0 atom stereocenters. The summed E-state index contributed by atoms with van der Waals surface area (Å²) in [6.45, 7) is 0.638. The first kappa shape index (κ1) is 21.2. The van der Waals surface area contributed by atoms with Crippen molar-refractivity contribution in [2.75, 3.05) is 36.3 Å². The van der Waals surface area contributed by atoms with E-state index in [9.17, 15) is 9.59 Å². The van der Waals surface area contributed by atoms with Crippen LogP contribution in [0.15, 0.2) is 66.7 Å². The fourth-order valence-corrected chi connectivity index (χ4v) is 3.79. The topological polar surface area (TPSA) is 79.9 Å². The maximum absolute atomic E-state index is 13.1. The lowest BCUT2D eigenvalue weighted by molar-refractivity contribution is 0.0985. The van der Waals surface area contributed by atoms with E-state index in [1.807, 2.05) is 48.5 Å². The molecule has 32 heavy (non-hydrogen) atoms. The van der Waals surface area contributed by atoms with E-state index in [1.165, 1.54) is 7.11 Å². The van der Waals surface area contributed by atoms with Crippen LogP contribution in [0.2, 0.25) is 0 Å². The highest BCUT2D eigenvalue weighted by Gasteiger charge is 2.24. The van der Waals surface area contributed by atoms with Crippen LogP contribution in [-0.4, -0.2) is 32.7 Å². The van der Waals surface area contributed by atoms with E-state index in [2.05, 4.69) is 10.6 Å². The van der Waals surface area contributed by atoms with Gasteiger partial charge in [-0.25, -0.2) is 4.79 Å². The van der Waals surface area contributed by atoms with E-state index in [-0.39, 0.29) is 5.91 Å². The average Bonchev–Trinajstić information content (AvgIpc) is 2.84. The van der Waals surface area contributed by atoms with Gasteiger partial charge in [0.1, 0.15) is 11.5 Å².